The molecule has 0 fully saturated rings. The Morgan fingerprint density at radius 3 is 0.714 bits per heavy atom. The lowest BCUT2D eigenvalue weighted by atomic mass is 11.6. The molecular formula is CH4Cl3F3. The quantitative estimate of drug-likeness (QED) is 0.536. The van der Waals surface area contributed by atoms with E-state index in [0.717, 1.165) is 0 Å². The van der Waals surface area contributed by atoms with Gasteiger partial charge < -0.3 is 0 Å². The average Bonchev–Trinajstić information content (AvgIpc) is 0.811. The minimum Gasteiger partial charge on any atom is -0.174 e. The molecule has 0 N–H and O–H groups in total. The first-order chi connectivity index (χ1) is 1.73. The summed E-state index contributed by atoms with van der Waals surface area (Å²) in [5.74, 6) is 0. The molecule has 0 aromatic carbocycles. The smallest absolute Gasteiger partial charge is 0.174 e. The molecule has 0 saturated heterocycles. The van der Waals surface area contributed by atoms with Crippen LogP contribution in [0.5, 0.6) is 0 Å². The van der Waals surface area contributed by atoms with Crippen LogP contribution in [0.3, 0.4) is 0 Å². The van der Waals surface area contributed by atoms with Gasteiger partial charge in [-0.15, -0.1) is 37.2 Å². The van der Waals surface area contributed by atoms with Crippen LogP contribution in [0.1, 0.15) is 0 Å². The van der Waals surface area contributed by atoms with Gasteiger partial charge in [-0.25, -0.2) is 0 Å². The molecule has 0 aromatic rings. The van der Waals surface area contributed by atoms with E-state index in [9.17, 15) is 13.2 Å². The van der Waals surface area contributed by atoms with Crippen molar-refractivity contribution >= 4 is 37.2 Å². The molecule has 0 bridgehead atoms. The molecule has 0 radical (unpaired) electrons. The molecule has 0 atom stereocenters. The molecule has 6 heteroatoms. The average molecular weight is 179 g/mol. The van der Waals surface area contributed by atoms with Crippen LogP contribution in [-0.2, 0) is 0 Å². The monoisotopic (exact) mass is 178 g/mol. The van der Waals surface area contributed by atoms with E-state index >= 15 is 0 Å². The van der Waals surface area contributed by atoms with E-state index in [1.54, 1.807) is 0 Å². The van der Waals surface area contributed by atoms with Gasteiger partial charge in [0, 0.05) is 0 Å². The molecule has 0 spiro atoms. The molecule has 0 nitrogen and oxygen atoms in total. The Morgan fingerprint density at radius 2 is 0.714 bits per heavy atom. The normalized spacial score (nSPS) is 5.14. The van der Waals surface area contributed by atoms with Crippen molar-refractivity contribution in [3.8, 4) is 0 Å². The standard InChI is InChI=1S/CHF3.3ClH/c2-1(3)4;;;/h1H;3*1H. The lowest BCUT2D eigenvalue weighted by molar-refractivity contribution is 0.00819. The fraction of sp³-hybridized carbons (Fsp3) is 1.00. The maximum absolute atomic E-state index is 9.67. The molecule has 0 aliphatic rings. The van der Waals surface area contributed by atoms with Gasteiger partial charge in [0.2, 0.25) is 0 Å². The Balaban J connectivity index is -0.0000000150. The third kappa shape index (κ3) is 332. The zero-order valence-electron chi connectivity index (χ0n) is 2.94. The van der Waals surface area contributed by atoms with Gasteiger partial charge in [-0.1, -0.05) is 0 Å². The summed E-state index contributed by atoms with van der Waals surface area (Å²) in [7, 11) is 0. The van der Waals surface area contributed by atoms with E-state index in [2.05, 4.69) is 0 Å². The zero-order chi connectivity index (χ0) is 3.58. The van der Waals surface area contributed by atoms with Crippen LogP contribution in [0.15, 0.2) is 0 Å². The Hall–Kier alpha value is 0.660. The second-order valence-corrected chi connectivity index (χ2v) is 0.247. The summed E-state index contributed by atoms with van der Waals surface area (Å²) in [6.45, 7) is -3.67. The lowest BCUT2D eigenvalue weighted by Crippen LogP contribution is -1.65. The molecule has 7 heavy (non-hydrogen) atoms. The van der Waals surface area contributed by atoms with Crippen molar-refractivity contribution in [3.05, 3.63) is 0 Å². The van der Waals surface area contributed by atoms with Crippen LogP contribution in [0.25, 0.3) is 0 Å². The largest absolute Gasteiger partial charge is 0.379 e. The highest BCUT2D eigenvalue weighted by molar-refractivity contribution is 5.86. The summed E-state index contributed by atoms with van der Waals surface area (Å²) in [6.07, 6.45) is 0. The molecule has 0 unspecified atom stereocenters. The highest BCUT2D eigenvalue weighted by Crippen LogP contribution is 1.87. The second-order valence-electron chi connectivity index (χ2n) is 0.247. The summed E-state index contributed by atoms with van der Waals surface area (Å²) in [4.78, 5) is 0. The van der Waals surface area contributed by atoms with Crippen molar-refractivity contribution in [2.75, 3.05) is 0 Å². The highest BCUT2D eigenvalue weighted by atomic mass is 35.5. The number of alkyl halides is 3. The van der Waals surface area contributed by atoms with Crippen LogP contribution in [0, 0.1) is 0 Å². The fourth-order valence-electron chi connectivity index (χ4n) is 0. The number of hydrogen-bond acceptors (Lipinski definition) is 0. The van der Waals surface area contributed by atoms with Crippen molar-refractivity contribution in [1.29, 1.82) is 0 Å². The third-order valence-corrected chi connectivity index (χ3v) is 0. The summed E-state index contributed by atoms with van der Waals surface area (Å²) >= 11 is 0. The molecule has 0 saturated carbocycles. The van der Waals surface area contributed by atoms with E-state index in [-0.39, 0.29) is 37.2 Å². The molecule has 50 valence electrons. The third-order valence-electron chi connectivity index (χ3n) is 0. The summed E-state index contributed by atoms with van der Waals surface area (Å²) in [5.41, 5.74) is 0. The van der Waals surface area contributed by atoms with Crippen molar-refractivity contribution < 1.29 is 13.2 Å². The van der Waals surface area contributed by atoms with Gasteiger partial charge in [0.15, 0.2) is 0 Å². The van der Waals surface area contributed by atoms with E-state index in [4.69, 9.17) is 0 Å². The first-order valence-electron chi connectivity index (χ1n) is 0.655. The van der Waals surface area contributed by atoms with Crippen LogP contribution < -0.4 is 0 Å². The maximum atomic E-state index is 9.67. The zero-order valence-corrected chi connectivity index (χ0v) is 5.39. The minimum absolute atomic E-state index is 0. The summed E-state index contributed by atoms with van der Waals surface area (Å²) in [5, 5.41) is 0. The number of hydrogen-bond donors (Lipinski definition) is 0. The molecule has 0 aliphatic heterocycles. The summed E-state index contributed by atoms with van der Waals surface area (Å²) < 4.78 is 29.0. The Labute approximate surface area is 57.7 Å². The molecule has 0 aliphatic carbocycles. The van der Waals surface area contributed by atoms with Gasteiger partial charge in [-0.05, 0) is 0 Å². The van der Waals surface area contributed by atoms with Gasteiger partial charge in [-0.2, -0.15) is 13.2 Å². The van der Waals surface area contributed by atoms with Crippen molar-refractivity contribution in [2.24, 2.45) is 0 Å². The predicted octanol–water partition coefficient (Wildman–Crippen LogP) is 2.44. The highest BCUT2D eigenvalue weighted by Gasteiger charge is 1.86. The van der Waals surface area contributed by atoms with E-state index in [0.29, 0.717) is 0 Å². The van der Waals surface area contributed by atoms with Gasteiger partial charge >= 0.3 is 6.68 Å². The van der Waals surface area contributed by atoms with E-state index in [1.165, 1.54) is 0 Å². The first kappa shape index (κ1) is 25.4. The van der Waals surface area contributed by atoms with Gasteiger partial charge in [0.05, 0.1) is 0 Å². The summed E-state index contributed by atoms with van der Waals surface area (Å²) in [6, 6.07) is 0. The molecule has 0 aromatic heterocycles. The molecule has 0 heterocycles. The topological polar surface area (TPSA) is 0 Å². The Bertz CT molecular complexity index is 14.9. The molecule has 0 rings (SSSR count). The van der Waals surface area contributed by atoms with Crippen LogP contribution in [0.4, 0.5) is 13.2 Å². The molecular weight excluding hydrogens is 175 g/mol. The van der Waals surface area contributed by atoms with Crippen LogP contribution in [-0.4, -0.2) is 6.68 Å². The Kier molecular flexibility index (Phi) is 57.7. The van der Waals surface area contributed by atoms with Gasteiger partial charge in [0.25, 0.3) is 0 Å². The van der Waals surface area contributed by atoms with Crippen LogP contribution >= 0.6 is 37.2 Å². The van der Waals surface area contributed by atoms with Crippen LogP contribution in [0.2, 0.25) is 0 Å². The maximum Gasteiger partial charge on any atom is 0.379 e. The number of halogens is 6. The number of rotatable bonds is 0. The Morgan fingerprint density at radius 1 is 0.714 bits per heavy atom. The molecule has 0 amide bonds. The van der Waals surface area contributed by atoms with Crippen molar-refractivity contribution in [1.82, 2.24) is 0 Å². The second kappa shape index (κ2) is 15.9. The fourth-order valence-corrected chi connectivity index (χ4v) is 0. The van der Waals surface area contributed by atoms with Crippen molar-refractivity contribution in [2.45, 2.75) is 6.68 Å². The van der Waals surface area contributed by atoms with E-state index in [1.807, 2.05) is 0 Å². The van der Waals surface area contributed by atoms with Gasteiger partial charge in [-0.3, -0.25) is 0 Å². The minimum atomic E-state index is -3.67. The predicted molar refractivity (Wildman–Crippen MR) is 28.9 cm³/mol. The van der Waals surface area contributed by atoms with Gasteiger partial charge in [0.1, 0.15) is 0 Å². The lowest BCUT2D eigenvalue weighted by Gasteiger charge is -1.65. The van der Waals surface area contributed by atoms with E-state index < -0.39 is 6.68 Å². The first-order valence-corrected chi connectivity index (χ1v) is 0.655. The van der Waals surface area contributed by atoms with Crippen molar-refractivity contribution in [3.63, 3.8) is 0 Å². The SMILES string of the molecule is Cl.Cl.Cl.FC(F)F.